The second kappa shape index (κ2) is 6.19. The summed E-state index contributed by atoms with van der Waals surface area (Å²) in [6, 6.07) is 8.59. The number of hydrogen-bond donors (Lipinski definition) is 1. The van der Waals surface area contributed by atoms with Gasteiger partial charge in [-0.05, 0) is 52.2 Å². The van der Waals surface area contributed by atoms with Gasteiger partial charge < -0.3 is 9.51 Å². The lowest BCUT2D eigenvalue weighted by molar-refractivity contribution is 0.103. The Hall–Kier alpha value is -1.49. The fraction of sp³-hybridized carbons (Fsp3) is 0.118. The highest BCUT2D eigenvalue weighted by Gasteiger charge is 2.23. The van der Waals surface area contributed by atoms with Gasteiger partial charge in [0, 0.05) is 16.2 Å². The molecule has 0 radical (unpaired) electrons. The number of phenols is 1. The summed E-state index contributed by atoms with van der Waals surface area (Å²) in [5.74, 6) is -0.417. The molecule has 0 saturated carbocycles. The molecule has 0 unspecified atom stereocenters. The molecule has 0 atom stereocenters. The Bertz CT molecular complexity index is 911. The molecule has 0 fully saturated rings. The van der Waals surface area contributed by atoms with E-state index in [-0.39, 0.29) is 21.6 Å². The van der Waals surface area contributed by atoms with Crippen molar-refractivity contribution in [3.8, 4) is 5.75 Å². The first-order valence-corrected chi connectivity index (χ1v) is 8.50. The first kappa shape index (κ1) is 16.4. The van der Waals surface area contributed by atoms with Gasteiger partial charge >= 0.3 is 0 Å². The van der Waals surface area contributed by atoms with Gasteiger partial charge in [-0.3, -0.25) is 4.79 Å². The van der Waals surface area contributed by atoms with Crippen molar-refractivity contribution in [2.24, 2.45) is 0 Å². The van der Waals surface area contributed by atoms with Crippen LogP contribution >= 0.6 is 39.1 Å². The smallest absolute Gasteiger partial charge is 0.210 e. The van der Waals surface area contributed by atoms with Gasteiger partial charge in [0.15, 0.2) is 5.75 Å². The highest BCUT2D eigenvalue weighted by Crippen LogP contribution is 2.35. The Morgan fingerprint density at radius 1 is 1.26 bits per heavy atom. The van der Waals surface area contributed by atoms with Crippen LogP contribution in [-0.2, 0) is 6.42 Å². The van der Waals surface area contributed by atoms with Gasteiger partial charge in [0.05, 0.1) is 21.3 Å². The van der Waals surface area contributed by atoms with Crippen molar-refractivity contribution in [1.29, 1.82) is 0 Å². The van der Waals surface area contributed by atoms with E-state index in [4.69, 9.17) is 23.2 Å². The maximum Gasteiger partial charge on any atom is 0.210 e. The number of carbonyl (C=O) groups excluding carboxylic acids is 1. The molecule has 0 aliphatic rings. The molecular weight excluding hydrogens is 401 g/mol. The highest BCUT2D eigenvalue weighted by atomic mass is 79.9. The minimum atomic E-state index is -0.221. The molecule has 1 N–H and O–H groups in total. The molecule has 0 bridgehead atoms. The van der Waals surface area contributed by atoms with E-state index in [1.54, 1.807) is 0 Å². The third-order valence-corrected chi connectivity index (χ3v) is 5.19. The molecular formula is C17H12BrCl2NO2. The second-order valence-corrected chi connectivity index (χ2v) is 6.68. The van der Waals surface area contributed by atoms with Crippen molar-refractivity contribution in [3.63, 3.8) is 0 Å². The zero-order valence-electron chi connectivity index (χ0n) is 12.1. The Morgan fingerprint density at radius 3 is 2.52 bits per heavy atom. The van der Waals surface area contributed by atoms with Gasteiger partial charge in [0.2, 0.25) is 5.78 Å². The summed E-state index contributed by atoms with van der Waals surface area (Å²) in [5, 5.41) is 9.78. The number of nitrogens with zero attached hydrogens (tertiary/aromatic N) is 1. The summed E-state index contributed by atoms with van der Waals surface area (Å²) in [6.45, 7) is 1.99. The van der Waals surface area contributed by atoms with Gasteiger partial charge in [0.25, 0.3) is 0 Å². The van der Waals surface area contributed by atoms with E-state index in [0.29, 0.717) is 17.7 Å². The molecule has 1 aromatic carbocycles. The van der Waals surface area contributed by atoms with Crippen LogP contribution in [0.2, 0.25) is 10.0 Å². The fourth-order valence-corrected chi connectivity index (χ4v) is 3.90. The van der Waals surface area contributed by atoms with E-state index in [1.807, 2.05) is 35.7 Å². The van der Waals surface area contributed by atoms with Crippen LogP contribution in [0.3, 0.4) is 0 Å². The number of fused-ring (bicyclic) bond motifs is 1. The molecule has 0 amide bonds. The predicted octanol–water partition coefficient (Wildman–Crippen LogP) is 5.51. The minimum Gasteiger partial charge on any atom is -0.505 e. The summed E-state index contributed by atoms with van der Waals surface area (Å²) < 4.78 is 2.75. The van der Waals surface area contributed by atoms with Crippen LogP contribution in [0, 0.1) is 0 Å². The Kier molecular flexibility index (Phi) is 4.41. The van der Waals surface area contributed by atoms with Gasteiger partial charge in [-0.15, -0.1) is 0 Å². The molecule has 2 aromatic heterocycles. The van der Waals surface area contributed by atoms with Crippen molar-refractivity contribution >= 4 is 50.4 Å². The van der Waals surface area contributed by atoms with Crippen LogP contribution in [0.1, 0.15) is 28.5 Å². The minimum absolute atomic E-state index is 0.0545. The van der Waals surface area contributed by atoms with Crippen molar-refractivity contribution in [1.82, 2.24) is 4.40 Å². The number of hydrogen-bond acceptors (Lipinski definition) is 2. The lowest BCUT2D eigenvalue weighted by Crippen LogP contribution is -2.08. The van der Waals surface area contributed by atoms with Crippen LogP contribution in [0.15, 0.2) is 41.0 Å². The highest BCUT2D eigenvalue weighted by molar-refractivity contribution is 9.10. The summed E-state index contributed by atoms with van der Waals surface area (Å²) >= 11 is 15.5. The molecule has 3 nitrogen and oxygen atoms in total. The van der Waals surface area contributed by atoms with Crippen molar-refractivity contribution in [2.75, 3.05) is 0 Å². The van der Waals surface area contributed by atoms with Crippen LogP contribution in [0.5, 0.6) is 5.75 Å². The van der Waals surface area contributed by atoms with Crippen LogP contribution < -0.4 is 0 Å². The van der Waals surface area contributed by atoms with E-state index in [0.717, 1.165) is 15.6 Å². The van der Waals surface area contributed by atoms with Gasteiger partial charge in [-0.1, -0.05) is 36.2 Å². The van der Waals surface area contributed by atoms with E-state index < -0.39 is 0 Å². The maximum atomic E-state index is 13.0. The van der Waals surface area contributed by atoms with Gasteiger partial charge in [-0.2, -0.15) is 0 Å². The number of halogens is 3. The zero-order valence-corrected chi connectivity index (χ0v) is 15.2. The SMILES string of the molecule is CCc1c(Br)c2ccccn2c1C(=O)c1cc(Cl)c(O)c(Cl)c1. The number of carbonyl (C=O) groups is 1. The number of pyridine rings is 1. The topological polar surface area (TPSA) is 41.7 Å². The number of ketones is 1. The largest absolute Gasteiger partial charge is 0.505 e. The standard InChI is InChI=1S/C17H12BrCl2NO2/c1-2-10-14(18)13-5-3-4-6-21(13)15(10)16(22)9-7-11(19)17(23)12(20)8-9/h3-8,23H,2H2,1H3. The van der Waals surface area contributed by atoms with E-state index in [2.05, 4.69) is 15.9 Å². The zero-order chi connectivity index (χ0) is 16.7. The average molecular weight is 413 g/mol. The molecule has 0 spiro atoms. The lowest BCUT2D eigenvalue weighted by atomic mass is 10.0. The molecule has 0 aliphatic heterocycles. The quantitative estimate of drug-likeness (QED) is 0.576. The number of aromatic hydroxyl groups is 1. The molecule has 3 rings (SSSR count). The third kappa shape index (κ3) is 2.65. The normalized spacial score (nSPS) is 11.1. The van der Waals surface area contributed by atoms with E-state index in [9.17, 15) is 9.90 Å². The number of benzene rings is 1. The average Bonchev–Trinajstić information content (AvgIpc) is 2.84. The molecule has 3 aromatic rings. The van der Waals surface area contributed by atoms with Gasteiger partial charge in [0.1, 0.15) is 0 Å². The fourth-order valence-electron chi connectivity index (χ4n) is 2.62. The number of rotatable bonds is 3. The van der Waals surface area contributed by atoms with Crippen molar-refractivity contribution in [3.05, 3.63) is 67.9 Å². The van der Waals surface area contributed by atoms with E-state index in [1.165, 1.54) is 12.1 Å². The van der Waals surface area contributed by atoms with Crippen LogP contribution in [0.4, 0.5) is 0 Å². The number of phenolic OH excluding ortho intramolecular Hbond substituents is 1. The van der Waals surface area contributed by atoms with Crippen molar-refractivity contribution < 1.29 is 9.90 Å². The van der Waals surface area contributed by atoms with Gasteiger partial charge in [-0.25, -0.2) is 0 Å². The Labute approximate surface area is 151 Å². The third-order valence-electron chi connectivity index (χ3n) is 3.72. The first-order valence-electron chi connectivity index (χ1n) is 6.95. The molecule has 6 heteroatoms. The summed E-state index contributed by atoms with van der Waals surface area (Å²) in [4.78, 5) is 13.0. The van der Waals surface area contributed by atoms with Crippen molar-refractivity contribution in [2.45, 2.75) is 13.3 Å². The monoisotopic (exact) mass is 411 g/mol. The molecule has 118 valence electrons. The maximum absolute atomic E-state index is 13.0. The Balaban J connectivity index is 2.26. The number of aromatic nitrogens is 1. The summed E-state index contributed by atoms with van der Waals surface area (Å²) in [5.41, 5.74) is 2.74. The predicted molar refractivity (Wildman–Crippen MR) is 96.0 cm³/mol. The lowest BCUT2D eigenvalue weighted by Gasteiger charge is -2.07. The second-order valence-electron chi connectivity index (χ2n) is 5.07. The summed E-state index contributed by atoms with van der Waals surface area (Å²) in [7, 11) is 0. The Morgan fingerprint density at radius 2 is 1.91 bits per heavy atom. The molecule has 2 heterocycles. The first-order chi connectivity index (χ1) is 11.0. The molecule has 23 heavy (non-hydrogen) atoms. The van der Waals surface area contributed by atoms with E-state index >= 15 is 0 Å². The van der Waals surface area contributed by atoms with Crippen LogP contribution in [-0.4, -0.2) is 15.3 Å². The van der Waals surface area contributed by atoms with Crippen LogP contribution in [0.25, 0.3) is 5.52 Å². The molecule has 0 aliphatic carbocycles. The molecule has 0 saturated heterocycles. The summed E-state index contributed by atoms with van der Waals surface area (Å²) in [6.07, 6.45) is 2.54.